The summed E-state index contributed by atoms with van der Waals surface area (Å²) >= 11 is 1.65. The molecular formula is C9H15N5S. The number of guanidine groups is 1. The second-order valence-corrected chi connectivity index (χ2v) is 4.89. The molecule has 82 valence electrons. The standard InChI is InChI=1S/C9H15N5S/c1-6-5-11-9(12-6)10-4-3-8-14-13-7(2)15-8/h6H,3-5H2,1-2H3,(H2,10,11,12). The molecule has 1 aliphatic heterocycles. The van der Waals surface area contributed by atoms with Crippen LogP contribution in [0.2, 0.25) is 0 Å². The smallest absolute Gasteiger partial charge is 0.191 e. The van der Waals surface area contributed by atoms with Crippen LogP contribution < -0.4 is 10.6 Å². The molecule has 0 saturated heterocycles. The largest absolute Gasteiger partial charge is 0.356 e. The number of rotatable bonds is 3. The summed E-state index contributed by atoms with van der Waals surface area (Å²) in [6, 6.07) is 0.455. The van der Waals surface area contributed by atoms with E-state index >= 15 is 0 Å². The van der Waals surface area contributed by atoms with Gasteiger partial charge >= 0.3 is 0 Å². The van der Waals surface area contributed by atoms with Gasteiger partial charge in [0.25, 0.3) is 0 Å². The highest BCUT2D eigenvalue weighted by atomic mass is 32.1. The van der Waals surface area contributed by atoms with Gasteiger partial charge < -0.3 is 10.6 Å². The van der Waals surface area contributed by atoms with Gasteiger partial charge in [0, 0.05) is 19.0 Å². The van der Waals surface area contributed by atoms with Crippen LogP contribution in [0, 0.1) is 6.92 Å². The number of hydrogen-bond acceptors (Lipinski definition) is 6. The first-order valence-electron chi connectivity index (χ1n) is 5.08. The molecule has 1 unspecified atom stereocenters. The third-order valence-electron chi connectivity index (χ3n) is 2.11. The summed E-state index contributed by atoms with van der Waals surface area (Å²) in [5, 5.41) is 16.6. The zero-order valence-electron chi connectivity index (χ0n) is 8.95. The Morgan fingerprint density at radius 3 is 3.00 bits per heavy atom. The maximum atomic E-state index is 4.31. The van der Waals surface area contributed by atoms with E-state index in [0.717, 1.165) is 35.5 Å². The third kappa shape index (κ3) is 2.89. The van der Waals surface area contributed by atoms with E-state index in [1.54, 1.807) is 11.3 Å². The fourth-order valence-electron chi connectivity index (χ4n) is 1.39. The van der Waals surface area contributed by atoms with Crippen molar-refractivity contribution in [3.05, 3.63) is 10.0 Å². The number of nitrogens with one attached hydrogen (secondary N) is 2. The minimum atomic E-state index is 0.455. The second kappa shape index (κ2) is 4.57. The highest BCUT2D eigenvalue weighted by Crippen LogP contribution is 2.07. The van der Waals surface area contributed by atoms with Crippen LogP contribution in [-0.2, 0) is 6.42 Å². The van der Waals surface area contributed by atoms with Crippen LogP contribution in [0.5, 0.6) is 0 Å². The molecule has 2 rings (SSSR count). The van der Waals surface area contributed by atoms with Crippen molar-refractivity contribution in [1.29, 1.82) is 0 Å². The van der Waals surface area contributed by atoms with Gasteiger partial charge in [0.1, 0.15) is 10.0 Å². The average Bonchev–Trinajstić information content (AvgIpc) is 2.76. The molecule has 0 radical (unpaired) electrons. The molecular weight excluding hydrogens is 210 g/mol. The SMILES string of the molecule is Cc1nnc(CCNC2=NCC(C)N2)s1. The average molecular weight is 225 g/mol. The van der Waals surface area contributed by atoms with Crippen LogP contribution in [0.25, 0.3) is 0 Å². The van der Waals surface area contributed by atoms with Crippen LogP contribution in [0.4, 0.5) is 0 Å². The summed E-state index contributed by atoms with van der Waals surface area (Å²) in [5.41, 5.74) is 0. The van der Waals surface area contributed by atoms with Crippen molar-refractivity contribution in [2.45, 2.75) is 26.3 Å². The lowest BCUT2D eigenvalue weighted by atomic mass is 10.4. The molecule has 1 aliphatic rings. The van der Waals surface area contributed by atoms with Crippen molar-refractivity contribution in [2.24, 2.45) is 4.99 Å². The molecule has 0 aliphatic carbocycles. The molecule has 0 saturated carbocycles. The van der Waals surface area contributed by atoms with Gasteiger partial charge in [-0.1, -0.05) is 0 Å². The molecule has 1 atom stereocenters. The number of nitrogens with zero attached hydrogens (tertiary/aromatic N) is 3. The number of aliphatic imine (C=N–C) groups is 1. The molecule has 0 amide bonds. The normalized spacial score (nSPS) is 19.9. The number of hydrogen-bond donors (Lipinski definition) is 2. The highest BCUT2D eigenvalue weighted by Gasteiger charge is 2.11. The van der Waals surface area contributed by atoms with Crippen LogP contribution in [0.3, 0.4) is 0 Å². The quantitative estimate of drug-likeness (QED) is 0.778. The lowest BCUT2D eigenvalue weighted by Gasteiger charge is -2.07. The molecule has 0 bridgehead atoms. The summed E-state index contributed by atoms with van der Waals surface area (Å²) in [6.07, 6.45) is 0.903. The summed E-state index contributed by atoms with van der Waals surface area (Å²) < 4.78 is 0. The van der Waals surface area contributed by atoms with Crippen molar-refractivity contribution in [2.75, 3.05) is 13.1 Å². The Balaban J connectivity index is 1.71. The molecule has 15 heavy (non-hydrogen) atoms. The van der Waals surface area contributed by atoms with Gasteiger partial charge in [-0.15, -0.1) is 21.5 Å². The van der Waals surface area contributed by atoms with Crippen molar-refractivity contribution in [1.82, 2.24) is 20.8 Å². The van der Waals surface area contributed by atoms with Gasteiger partial charge in [-0.3, -0.25) is 4.99 Å². The van der Waals surface area contributed by atoms with E-state index in [-0.39, 0.29) is 0 Å². The van der Waals surface area contributed by atoms with E-state index in [0.29, 0.717) is 6.04 Å². The summed E-state index contributed by atoms with van der Waals surface area (Å²) in [5.74, 6) is 0.906. The molecule has 2 N–H and O–H groups in total. The van der Waals surface area contributed by atoms with Gasteiger partial charge in [0.2, 0.25) is 0 Å². The Bertz CT molecular complexity index is 359. The van der Waals surface area contributed by atoms with Crippen molar-refractivity contribution < 1.29 is 0 Å². The van der Waals surface area contributed by atoms with Gasteiger partial charge in [-0.2, -0.15) is 0 Å². The minimum Gasteiger partial charge on any atom is -0.356 e. The van der Waals surface area contributed by atoms with E-state index in [9.17, 15) is 0 Å². The number of aromatic nitrogens is 2. The lowest BCUT2D eigenvalue weighted by Crippen LogP contribution is -2.38. The van der Waals surface area contributed by atoms with Gasteiger partial charge in [-0.05, 0) is 13.8 Å². The molecule has 1 aromatic heterocycles. The van der Waals surface area contributed by atoms with Crippen molar-refractivity contribution in [3.8, 4) is 0 Å². The Hall–Kier alpha value is -1.17. The first-order chi connectivity index (χ1) is 7.24. The van der Waals surface area contributed by atoms with E-state index in [1.165, 1.54) is 0 Å². The van der Waals surface area contributed by atoms with Gasteiger partial charge in [0.05, 0.1) is 6.54 Å². The van der Waals surface area contributed by atoms with Crippen molar-refractivity contribution >= 4 is 17.3 Å². The molecule has 0 aromatic carbocycles. The Morgan fingerprint density at radius 1 is 1.53 bits per heavy atom. The molecule has 5 nitrogen and oxygen atoms in total. The fraction of sp³-hybridized carbons (Fsp3) is 0.667. The van der Waals surface area contributed by atoms with Crippen LogP contribution in [0.15, 0.2) is 4.99 Å². The zero-order valence-corrected chi connectivity index (χ0v) is 9.77. The topological polar surface area (TPSA) is 62.2 Å². The molecule has 0 spiro atoms. The molecule has 1 aromatic rings. The van der Waals surface area contributed by atoms with Crippen LogP contribution >= 0.6 is 11.3 Å². The third-order valence-corrected chi connectivity index (χ3v) is 3.00. The Labute approximate surface area is 93.0 Å². The van der Waals surface area contributed by atoms with Crippen LogP contribution in [0.1, 0.15) is 16.9 Å². The lowest BCUT2D eigenvalue weighted by molar-refractivity contribution is 0.711. The Morgan fingerprint density at radius 2 is 2.40 bits per heavy atom. The number of aryl methyl sites for hydroxylation is 1. The zero-order chi connectivity index (χ0) is 10.7. The summed E-state index contributed by atoms with van der Waals surface area (Å²) in [4.78, 5) is 4.31. The molecule has 6 heteroatoms. The monoisotopic (exact) mass is 225 g/mol. The highest BCUT2D eigenvalue weighted by molar-refractivity contribution is 7.11. The maximum absolute atomic E-state index is 4.31. The van der Waals surface area contributed by atoms with Crippen molar-refractivity contribution in [3.63, 3.8) is 0 Å². The predicted octanol–water partition coefficient (Wildman–Crippen LogP) is 0.326. The van der Waals surface area contributed by atoms with E-state index in [1.807, 2.05) is 6.92 Å². The van der Waals surface area contributed by atoms with Gasteiger partial charge in [0.15, 0.2) is 5.96 Å². The molecule has 0 fully saturated rings. The van der Waals surface area contributed by atoms with Gasteiger partial charge in [-0.25, -0.2) is 0 Å². The Kier molecular flexibility index (Phi) is 3.15. The van der Waals surface area contributed by atoms with Crippen LogP contribution in [-0.4, -0.2) is 35.3 Å². The summed E-state index contributed by atoms with van der Waals surface area (Å²) in [7, 11) is 0. The first-order valence-corrected chi connectivity index (χ1v) is 5.89. The minimum absolute atomic E-state index is 0.455. The predicted molar refractivity (Wildman–Crippen MR) is 61.3 cm³/mol. The maximum Gasteiger partial charge on any atom is 0.191 e. The fourth-order valence-corrected chi connectivity index (χ4v) is 2.09. The molecule has 2 heterocycles. The first kappa shape index (κ1) is 10.4. The van der Waals surface area contributed by atoms with E-state index in [4.69, 9.17) is 0 Å². The second-order valence-electron chi connectivity index (χ2n) is 3.63. The van der Waals surface area contributed by atoms with E-state index in [2.05, 4.69) is 32.7 Å². The summed E-state index contributed by atoms with van der Waals surface area (Å²) in [6.45, 7) is 5.80. The van der Waals surface area contributed by atoms with E-state index < -0.39 is 0 Å².